The first kappa shape index (κ1) is 15.1. The summed E-state index contributed by atoms with van der Waals surface area (Å²) in [7, 11) is 1.66. The van der Waals surface area contributed by atoms with Crippen LogP contribution in [0.1, 0.15) is 17.2 Å². The van der Waals surface area contributed by atoms with E-state index in [9.17, 15) is 0 Å². The van der Waals surface area contributed by atoms with Crippen molar-refractivity contribution < 1.29 is 4.74 Å². The molecule has 3 nitrogen and oxygen atoms in total. The Balaban J connectivity index is 2.25. The molecule has 0 bridgehead atoms. The van der Waals surface area contributed by atoms with Crippen LogP contribution in [0.3, 0.4) is 0 Å². The summed E-state index contributed by atoms with van der Waals surface area (Å²) < 4.78 is 6.60. The van der Waals surface area contributed by atoms with Gasteiger partial charge in [-0.25, -0.2) is 0 Å². The van der Waals surface area contributed by atoms with E-state index < -0.39 is 0 Å². The summed E-state index contributed by atoms with van der Waals surface area (Å²) >= 11 is 10.1. The Hall–Kier alpha value is -0.340. The van der Waals surface area contributed by atoms with Crippen molar-refractivity contribution in [2.45, 2.75) is 12.5 Å². The molecule has 2 aromatic rings. The van der Waals surface area contributed by atoms with E-state index in [0.29, 0.717) is 5.02 Å². The SMILES string of the molecule is COc1ccc(Cl)cc1CC(NN)c1csc(I)c1. The summed E-state index contributed by atoms with van der Waals surface area (Å²) in [5.41, 5.74) is 5.08. The summed E-state index contributed by atoms with van der Waals surface area (Å²) in [6, 6.07) is 7.80. The number of hydrogen-bond acceptors (Lipinski definition) is 4. The zero-order valence-corrected chi connectivity index (χ0v) is 14.1. The van der Waals surface area contributed by atoms with Crippen molar-refractivity contribution in [3.63, 3.8) is 0 Å². The van der Waals surface area contributed by atoms with Gasteiger partial charge in [-0.2, -0.15) is 0 Å². The van der Waals surface area contributed by atoms with Gasteiger partial charge < -0.3 is 4.74 Å². The Morgan fingerprint density at radius 3 is 2.84 bits per heavy atom. The third-order valence-corrected chi connectivity index (χ3v) is 4.90. The molecule has 6 heteroatoms. The minimum atomic E-state index is 0.0483. The highest BCUT2D eigenvalue weighted by Crippen LogP contribution is 2.29. The second-order valence-corrected chi connectivity index (χ2v) is 7.31. The van der Waals surface area contributed by atoms with Gasteiger partial charge in [-0.3, -0.25) is 11.3 Å². The molecule has 0 fully saturated rings. The fourth-order valence-electron chi connectivity index (χ4n) is 1.91. The summed E-state index contributed by atoms with van der Waals surface area (Å²) in [6.07, 6.45) is 0.729. The van der Waals surface area contributed by atoms with Gasteiger partial charge >= 0.3 is 0 Å². The topological polar surface area (TPSA) is 47.3 Å². The van der Waals surface area contributed by atoms with Crippen LogP contribution in [0.2, 0.25) is 5.02 Å². The maximum atomic E-state index is 6.04. The van der Waals surface area contributed by atoms with Crippen LogP contribution in [-0.2, 0) is 6.42 Å². The molecule has 0 aliphatic rings. The zero-order valence-electron chi connectivity index (χ0n) is 10.3. The molecule has 19 heavy (non-hydrogen) atoms. The summed E-state index contributed by atoms with van der Waals surface area (Å²) in [5, 5.41) is 2.81. The molecule has 1 atom stereocenters. The molecule has 2 rings (SSSR count). The highest BCUT2D eigenvalue weighted by Gasteiger charge is 2.15. The number of hydrazine groups is 1. The molecule has 1 aromatic carbocycles. The normalized spacial score (nSPS) is 12.4. The van der Waals surface area contributed by atoms with E-state index in [1.807, 2.05) is 18.2 Å². The van der Waals surface area contributed by atoms with E-state index in [0.717, 1.165) is 17.7 Å². The number of benzene rings is 1. The Kier molecular flexibility index (Phi) is 5.47. The summed E-state index contributed by atoms with van der Waals surface area (Å²) in [6.45, 7) is 0. The third kappa shape index (κ3) is 3.82. The first-order valence-corrected chi connectivity index (χ1v) is 8.00. The molecule has 102 valence electrons. The van der Waals surface area contributed by atoms with Gasteiger partial charge in [0, 0.05) is 5.02 Å². The number of methoxy groups -OCH3 is 1. The van der Waals surface area contributed by atoms with E-state index in [1.54, 1.807) is 18.4 Å². The van der Waals surface area contributed by atoms with Crippen LogP contribution in [0.15, 0.2) is 29.6 Å². The van der Waals surface area contributed by atoms with Crippen LogP contribution < -0.4 is 16.0 Å². The van der Waals surface area contributed by atoms with Crippen molar-refractivity contribution in [1.82, 2.24) is 5.43 Å². The molecule has 0 radical (unpaired) electrons. The van der Waals surface area contributed by atoms with Gasteiger partial charge in [0.1, 0.15) is 5.75 Å². The molecule has 0 aliphatic carbocycles. The second-order valence-electron chi connectivity index (χ2n) is 4.06. The molecule has 0 saturated carbocycles. The molecular formula is C13H14ClIN2OS. The van der Waals surface area contributed by atoms with Gasteiger partial charge in [-0.1, -0.05) is 11.6 Å². The van der Waals surface area contributed by atoms with Gasteiger partial charge in [0.25, 0.3) is 0 Å². The maximum absolute atomic E-state index is 6.04. The molecule has 1 heterocycles. The van der Waals surface area contributed by atoms with Crippen molar-refractivity contribution in [1.29, 1.82) is 0 Å². The number of nitrogens with one attached hydrogen (secondary N) is 1. The van der Waals surface area contributed by atoms with Crippen LogP contribution in [-0.4, -0.2) is 7.11 Å². The second kappa shape index (κ2) is 6.90. The lowest BCUT2D eigenvalue weighted by molar-refractivity contribution is 0.405. The fraction of sp³-hybridized carbons (Fsp3) is 0.231. The van der Waals surface area contributed by atoms with E-state index >= 15 is 0 Å². The number of ether oxygens (including phenoxy) is 1. The number of rotatable bonds is 5. The summed E-state index contributed by atoms with van der Waals surface area (Å²) in [4.78, 5) is 0. The van der Waals surface area contributed by atoms with Gasteiger partial charge in [0.15, 0.2) is 0 Å². The predicted molar refractivity (Wildman–Crippen MR) is 88.8 cm³/mol. The van der Waals surface area contributed by atoms with Gasteiger partial charge in [0.2, 0.25) is 0 Å². The number of nitrogens with two attached hydrogens (primary N) is 1. The number of thiophene rings is 1. The van der Waals surface area contributed by atoms with Gasteiger partial charge in [-0.15, -0.1) is 11.3 Å². The Morgan fingerprint density at radius 1 is 1.47 bits per heavy atom. The van der Waals surface area contributed by atoms with Crippen LogP contribution in [0.25, 0.3) is 0 Å². The van der Waals surface area contributed by atoms with E-state index in [4.69, 9.17) is 22.2 Å². The number of halogens is 2. The fourth-order valence-corrected chi connectivity index (χ4v) is 3.53. The van der Waals surface area contributed by atoms with E-state index in [2.05, 4.69) is 39.5 Å². The van der Waals surface area contributed by atoms with Crippen molar-refractivity contribution in [2.24, 2.45) is 5.84 Å². The van der Waals surface area contributed by atoms with Crippen molar-refractivity contribution in [2.75, 3.05) is 7.11 Å². The zero-order chi connectivity index (χ0) is 13.8. The Labute approximate surface area is 135 Å². The molecule has 1 aromatic heterocycles. The highest BCUT2D eigenvalue weighted by atomic mass is 127. The van der Waals surface area contributed by atoms with Gasteiger partial charge in [-0.05, 0) is 69.8 Å². The first-order chi connectivity index (χ1) is 9.13. The lowest BCUT2D eigenvalue weighted by atomic mass is 10.0. The lowest BCUT2D eigenvalue weighted by Gasteiger charge is -2.17. The van der Waals surface area contributed by atoms with Crippen molar-refractivity contribution >= 4 is 45.5 Å². The molecular weight excluding hydrogens is 395 g/mol. The molecule has 0 amide bonds. The van der Waals surface area contributed by atoms with E-state index in [1.165, 1.54) is 8.45 Å². The monoisotopic (exact) mass is 408 g/mol. The van der Waals surface area contributed by atoms with Crippen molar-refractivity contribution in [3.8, 4) is 5.75 Å². The molecule has 1 unspecified atom stereocenters. The van der Waals surface area contributed by atoms with Crippen molar-refractivity contribution in [3.05, 3.63) is 48.7 Å². The maximum Gasteiger partial charge on any atom is 0.122 e. The van der Waals surface area contributed by atoms with Crippen LogP contribution >= 0.6 is 45.5 Å². The van der Waals surface area contributed by atoms with Crippen LogP contribution in [0, 0.1) is 2.88 Å². The minimum Gasteiger partial charge on any atom is -0.496 e. The van der Waals surface area contributed by atoms with E-state index in [-0.39, 0.29) is 6.04 Å². The first-order valence-electron chi connectivity index (χ1n) is 5.66. The smallest absolute Gasteiger partial charge is 0.122 e. The third-order valence-electron chi connectivity index (χ3n) is 2.86. The van der Waals surface area contributed by atoms with Crippen LogP contribution in [0.5, 0.6) is 5.75 Å². The van der Waals surface area contributed by atoms with Gasteiger partial charge in [0.05, 0.1) is 16.0 Å². The Bertz CT molecular complexity index is 561. The summed E-state index contributed by atoms with van der Waals surface area (Å²) in [5.74, 6) is 6.50. The molecule has 0 saturated heterocycles. The Morgan fingerprint density at radius 2 is 2.26 bits per heavy atom. The average molecular weight is 409 g/mol. The number of hydrogen-bond donors (Lipinski definition) is 2. The highest BCUT2D eigenvalue weighted by molar-refractivity contribution is 14.1. The van der Waals surface area contributed by atoms with Crippen LogP contribution in [0.4, 0.5) is 0 Å². The molecule has 0 spiro atoms. The lowest BCUT2D eigenvalue weighted by Crippen LogP contribution is -2.29. The quantitative estimate of drug-likeness (QED) is 0.450. The standard InChI is InChI=1S/C13H14ClIN2OS/c1-18-12-3-2-10(14)4-8(12)5-11(17-16)9-6-13(15)19-7-9/h2-4,6-7,11,17H,5,16H2,1H3. The average Bonchev–Trinajstić information content (AvgIpc) is 2.82. The molecule has 0 aliphatic heterocycles. The molecule has 3 N–H and O–H groups in total. The largest absolute Gasteiger partial charge is 0.496 e. The minimum absolute atomic E-state index is 0.0483. The predicted octanol–water partition coefficient (Wildman–Crippen LogP) is 3.76.